The standard InChI is InChI=1S/C13H19BrO3/c1-9(2)17-13-10(5-4-6-15)7-11(14)8-12(13)16-3/h7-9,15H,4-6H2,1-3H3. The Morgan fingerprint density at radius 2 is 2.06 bits per heavy atom. The van der Waals surface area contributed by atoms with E-state index in [1.54, 1.807) is 7.11 Å². The Hall–Kier alpha value is -0.740. The number of ether oxygens (including phenoxy) is 2. The van der Waals surface area contributed by atoms with Gasteiger partial charge in [-0.15, -0.1) is 0 Å². The highest BCUT2D eigenvalue weighted by Gasteiger charge is 2.13. The molecule has 0 aliphatic heterocycles. The van der Waals surface area contributed by atoms with Crippen LogP contribution in [0.15, 0.2) is 16.6 Å². The summed E-state index contributed by atoms with van der Waals surface area (Å²) in [5.41, 5.74) is 1.05. The van der Waals surface area contributed by atoms with E-state index in [0.29, 0.717) is 6.42 Å². The summed E-state index contributed by atoms with van der Waals surface area (Å²) in [6.45, 7) is 4.14. The van der Waals surface area contributed by atoms with Crippen LogP contribution < -0.4 is 9.47 Å². The second-order valence-electron chi connectivity index (χ2n) is 4.09. The minimum Gasteiger partial charge on any atom is -0.493 e. The molecule has 96 valence electrons. The predicted octanol–water partition coefficient (Wildman–Crippen LogP) is 3.17. The van der Waals surface area contributed by atoms with Crippen molar-refractivity contribution >= 4 is 15.9 Å². The van der Waals surface area contributed by atoms with E-state index in [4.69, 9.17) is 14.6 Å². The minimum absolute atomic E-state index is 0.0953. The smallest absolute Gasteiger partial charge is 0.164 e. The highest BCUT2D eigenvalue weighted by molar-refractivity contribution is 9.10. The molecule has 0 amide bonds. The fourth-order valence-electron chi connectivity index (χ4n) is 1.60. The van der Waals surface area contributed by atoms with Gasteiger partial charge in [-0.3, -0.25) is 0 Å². The summed E-state index contributed by atoms with van der Waals surface area (Å²) in [4.78, 5) is 0. The molecule has 0 saturated carbocycles. The third kappa shape index (κ3) is 4.21. The Labute approximate surface area is 111 Å². The van der Waals surface area contributed by atoms with Gasteiger partial charge in [0.05, 0.1) is 13.2 Å². The van der Waals surface area contributed by atoms with Crippen LogP contribution in [-0.2, 0) is 6.42 Å². The lowest BCUT2D eigenvalue weighted by molar-refractivity contribution is 0.226. The van der Waals surface area contributed by atoms with Gasteiger partial charge >= 0.3 is 0 Å². The van der Waals surface area contributed by atoms with Gasteiger partial charge in [0.25, 0.3) is 0 Å². The molecule has 0 saturated heterocycles. The number of aliphatic hydroxyl groups is 1. The number of aliphatic hydroxyl groups excluding tert-OH is 1. The average molecular weight is 303 g/mol. The third-order valence-corrected chi connectivity index (χ3v) is 2.73. The van der Waals surface area contributed by atoms with Gasteiger partial charge in [0.15, 0.2) is 11.5 Å². The Balaban J connectivity index is 3.08. The van der Waals surface area contributed by atoms with E-state index in [1.165, 1.54) is 0 Å². The molecular formula is C13H19BrO3. The molecule has 0 radical (unpaired) electrons. The van der Waals surface area contributed by atoms with Gasteiger partial charge in [0, 0.05) is 11.1 Å². The molecule has 0 spiro atoms. The molecule has 1 N–H and O–H groups in total. The maximum Gasteiger partial charge on any atom is 0.164 e. The number of rotatable bonds is 6. The molecule has 0 aliphatic carbocycles. The van der Waals surface area contributed by atoms with Crippen LogP contribution in [0.25, 0.3) is 0 Å². The van der Waals surface area contributed by atoms with E-state index >= 15 is 0 Å². The van der Waals surface area contributed by atoms with E-state index in [-0.39, 0.29) is 12.7 Å². The van der Waals surface area contributed by atoms with Crippen LogP contribution in [0.2, 0.25) is 0 Å². The zero-order chi connectivity index (χ0) is 12.8. The number of benzene rings is 1. The van der Waals surface area contributed by atoms with Gasteiger partial charge in [-0.1, -0.05) is 15.9 Å². The predicted molar refractivity (Wildman–Crippen MR) is 71.9 cm³/mol. The number of methoxy groups -OCH3 is 1. The molecule has 1 rings (SSSR count). The summed E-state index contributed by atoms with van der Waals surface area (Å²) >= 11 is 3.45. The molecule has 0 heterocycles. The molecule has 0 aliphatic rings. The summed E-state index contributed by atoms with van der Waals surface area (Å²) in [5, 5.41) is 8.91. The van der Waals surface area contributed by atoms with Crippen LogP contribution in [0.3, 0.4) is 0 Å². The van der Waals surface area contributed by atoms with E-state index in [1.807, 2.05) is 26.0 Å². The monoisotopic (exact) mass is 302 g/mol. The van der Waals surface area contributed by atoms with Crippen LogP contribution in [0, 0.1) is 0 Å². The molecule has 17 heavy (non-hydrogen) atoms. The zero-order valence-electron chi connectivity index (χ0n) is 10.5. The topological polar surface area (TPSA) is 38.7 Å². The first-order valence-electron chi connectivity index (χ1n) is 5.72. The van der Waals surface area contributed by atoms with Crippen molar-refractivity contribution in [3.63, 3.8) is 0 Å². The van der Waals surface area contributed by atoms with Crippen molar-refractivity contribution in [3.05, 3.63) is 22.2 Å². The van der Waals surface area contributed by atoms with Gasteiger partial charge in [-0.05, 0) is 44.4 Å². The fraction of sp³-hybridized carbons (Fsp3) is 0.538. The normalized spacial score (nSPS) is 10.7. The van der Waals surface area contributed by atoms with Crippen molar-refractivity contribution < 1.29 is 14.6 Å². The van der Waals surface area contributed by atoms with Crippen LogP contribution in [0.1, 0.15) is 25.8 Å². The molecule has 0 atom stereocenters. The van der Waals surface area contributed by atoms with Crippen molar-refractivity contribution in [1.82, 2.24) is 0 Å². The molecule has 0 bridgehead atoms. The van der Waals surface area contributed by atoms with Crippen molar-refractivity contribution in [2.75, 3.05) is 13.7 Å². The third-order valence-electron chi connectivity index (χ3n) is 2.27. The summed E-state index contributed by atoms with van der Waals surface area (Å²) < 4.78 is 12.1. The Morgan fingerprint density at radius 1 is 1.35 bits per heavy atom. The molecular weight excluding hydrogens is 284 g/mol. The van der Waals surface area contributed by atoms with Crippen molar-refractivity contribution in [3.8, 4) is 11.5 Å². The maximum atomic E-state index is 8.91. The van der Waals surface area contributed by atoms with Crippen LogP contribution in [0.4, 0.5) is 0 Å². The average Bonchev–Trinajstić information content (AvgIpc) is 2.28. The van der Waals surface area contributed by atoms with Crippen molar-refractivity contribution in [2.24, 2.45) is 0 Å². The van der Waals surface area contributed by atoms with Crippen LogP contribution >= 0.6 is 15.9 Å². The van der Waals surface area contributed by atoms with Gasteiger partial charge < -0.3 is 14.6 Å². The van der Waals surface area contributed by atoms with Crippen LogP contribution in [0.5, 0.6) is 11.5 Å². The van der Waals surface area contributed by atoms with E-state index in [2.05, 4.69) is 15.9 Å². The van der Waals surface area contributed by atoms with E-state index in [9.17, 15) is 0 Å². The first-order chi connectivity index (χ1) is 8.08. The molecule has 4 heteroatoms. The summed E-state index contributed by atoms with van der Waals surface area (Å²) in [6.07, 6.45) is 1.58. The largest absolute Gasteiger partial charge is 0.493 e. The SMILES string of the molecule is COc1cc(Br)cc(CCCO)c1OC(C)C. The van der Waals surface area contributed by atoms with Gasteiger partial charge in [-0.2, -0.15) is 0 Å². The molecule has 1 aromatic rings. The summed E-state index contributed by atoms with van der Waals surface area (Å²) in [7, 11) is 1.63. The molecule has 0 unspecified atom stereocenters. The van der Waals surface area contributed by atoms with Gasteiger partial charge in [0.2, 0.25) is 0 Å². The molecule has 0 fully saturated rings. The highest BCUT2D eigenvalue weighted by atomic mass is 79.9. The second kappa shape index (κ2) is 6.87. The Morgan fingerprint density at radius 3 is 2.59 bits per heavy atom. The van der Waals surface area contributed by atoms with Gasteiger partial charge in [0.1, 0.15) is 0 Å². The van der Waals surface area contributed by atoms with E-state index < -0.39 is 0 Å². The molecule has 1 aromatic carbocycles. The zero-order valence-corrected chi connectivity index (χ0v) is 12.1. The maximum absolute atomic E-state index is 8.91. The quantitative estimate of drug-likeness (QED) is 0.877. The Kier molecular flexibility index (Phi) is 5.78. The lowest BCUT2D eigenvalue weighted by Crippen LogP contribution is -2.09. The van der Waals surface area contributed by atoms with Gasteiger partial charge in [-0.25, -0.2) is 0 Å². The lowest BCUT2D eigenvalue weighted by atomic mass is 10.1. The number of halogens is 1. The first-order valence-corrected chi connectivity index (χ1v) is 6.51. The van der Waals surface area contributed by atoms with Crippen molar-refractivity contribution in [2.45, 2.75) is 32.8 Å². The summed E-state index contributed by atoms with van der Waals surface area (Å²) in [6, 6.07) is 3.90. The van der Waals surface area contributed by atoms with E-state index in [0.717, 1.165) is 28.0 Å². The molecule has 0 aromatic heterocycles. The Bertz CT molecular complexity index is 364. The second-order valence-corrected chi connectivity index (χ2v) is 5.01. The van der Waals surface area contributed by atoms with Crippen molar-refractivity contribution in [1.29, 1.82) is 0 Å². The number of hydrogen-bond acceptors (Lipinski definition) is 3. The highest BCUT2D eigenvalue weighted by Crippen LogP contribution is 2.36. The lowest BCUT2D eigenvalue weighted by Gasteiger charge is -2.18. The summed E-state index contributed by atoms with van der Waals surface area (Å²) in [5.74, 6) is 1.50. The van der Waals surface area contributed by atoms with Crippen LogP contribution in [-0.4, -0.2) is 24.9 Å². The first kappa shape index (κ1) is 14.3. The number of hydrogen-bond donors (Lipinski definition) is 1. The number of aryl methyl sites for hydroxylation is 1. The minimum atomic E-state index is 0.0953. The fourth-order valence-corrected chi connectivity index (χ4v) is 2.08. The molecule has 3 nitrogen and oxygen atoms in total.